The lowest BCUT2D eigenvalue weighted by atomic mass is 9.95. The molecule has 8 heteroatoms. The molecule has 1 saturated heterocycles. The monoisotopic (exact) mass is 324 g/mol. The van der Waals surface area contributed by atoms with Crippen molar-refractivity contribution in [1.82, 2.24) is 13.9 Å². The van der Waals surface area contributed by atoms with Gasteiger partial charge in [-0.15, -0.1) is 0 Å². The summed E-state index contributed by atoms with van der Waals surface area (Å²) in [7, 11) is -1.94. The summed E-state index contributed by atoms with van der Waals surface area (Å²) in [5, 5.41) is 0.0157. The molecular formula is C14H17FN4O2S. The van der Waals surface area contributed by atoms with Gasteiger partial charge in [0.1, 0.15) is 5.82 Å². The van der Waals surface area contributed by atoms with E-state index in [0.29, 0.717) is 0 Å². The van der Waals surface area contributed by atoms with Crippen LogP contribution in [0.1, 0.15) is 11.5 Å². The molecule has 1 aliphatic rings. The minimum absolute atomic E-state index is 0.0157. The molecule has 0 amide bonds. The zero-order chi connectivity index (χ0) is 15.9. The minimum Gasteiger partial charge on any atom is -0.339 e. The summed E-state index contributed by atoms with van der Waals surface area (Å²) in [6.07, 6.45) is 2.91. The highest BCUT2D eigenvalue weighted by Gasteiger charge is 2.39. The first-order valence-corrected chi connectivity index (χ1v) is 8.31. The van der Waals surface area contributed by atoms with E-state index in [2.05, 4.69) is 4.98 Å². The van der Waals surface area contributed by atoms with Crippen LogP contribution in [0.5, 0.6) is 0 Å². The van der Waals surface area contributed by atoms with Crippen molar-refractivity contribution >= 4 is 10.0 Å². The van der Waals surface area contributed by atoms with Crippen molar-refractivity contribution in [2.45, 2.75) is 17.0 Å². The number of halogens is 1. The van der Waals surface area contributed by atoms with Gasteiger partial charge >= 0.3 is 0 Å². The second-order valence-electron chi connectivity index (χ2n) is 5.52. The Hall–Kier alpha value is -1.77. The summed E-state index contributed by atoms with van der Waals surface area (Å²) in [5.41, 5.74) is 6.93. The number of nitrogens with two attached hydrogens (primary N) is 1. The molecule has 0 bridgehead atoms. The molecule has 0 radical (unpaired) electrons. The molecule has 1 aliphatic heterocycles. The van der Waals surface area contributed by atoms with Crippen molar-refractivity contribution in [3.8, 4) is 0 Å². The highest BCUT2D eigenvalue weighted by molar-refractivity contribution is 7.89. The van der Waals surface area contributed by atoms with Crippen molar-refractivity contribution in [3.05, 3.63) is 48.2 Å². The topological polar surface area (TPSA) is 81.2 Å². The van der Waals surface area contributed by atoms with Crippen LogP contribution in [-0.2, 0) is 17.1 Å². The average molecular weight is 324 g/mol. The van der Waals surface area contributed by atoms with Gasteiger partial charge in [-0.05, 0) is 17.7 Å². The predicted octanol–water partition coefficient (Wildman–Crippen LogP) is 0.675. The molecule has 118 valence electrons. The number of hydrogen-bond acceptors (Lipinski definition) is 4. The van der Waals surface area contributed by atoms with Crippen LogP contribution in [0.4, 0.5) is 4.39 Å². The van der Waals surface area contributed by atoms with Crippen LogP contribution >= 0.6 is 0 Å². The molecule has 2 heterocycles. The third-order valence-electron chi connectivity index (χ3n) is 3.92. The molecule has 1 fully saturated rings. The van der Waals surface area contributed by atoms with Crippen molar-refractivity contribution in [2.75, 3.05) is 13.1 Å². The molecule has 0 saturated carbocycles. The van der Waals surface area contributed by atoms with Gasteiger partial charge in [0, 0.05) is 38.3 Å². The Kier molecular flexibility index (Phi) is 3.75. The first-order chi connectivity index (χ1) is 10.4. The number of rotatable bonds is 3. The molecule has 2 aromatic rings. The van der Waals surface area contributed by atoms with Crippen molar-refractivity contribution in [1.29, 1.82) is 0 Å². The highest BCUT2D eigenvalue weighted by atomic mass is 32.2. The van der Waals surface area contributed by atoms with Crippen LogP contribution in [0.25, 0.3) is 0 Å². The summed E-state index contributed by atoms with van der Waals surface area (Å²) < 4.78 is 41.1. The number of benzene rings is 1. The van der Waals surface area contributed by atoms with Crippen molar-refractivity contribution in [2.24, 2.45) is 12.8 Å². The number of aromatic nitrogens is 2. The fourth-order valence-electron chi connectivity index (χ4n) is 2.70. The maximum Gasteiger partial charge on any atom is 0.262 e. The lowest BCUT2D eigenvalue weighted by Crippen LogP contribution is -2.32. The molecule has 0 aliphatic carbocycles. The third-order valence-corrected chi connectivity index (χ3v) is 5.63. The summed E-state index contributed by atoms with van der Waals surface area (Å²) in [5.74, 6) is -0.479. The van der Waals surface area contributed by atoms with Crippen LogP contribution < -0.4 is 5.73 Å². The van der Waals surface area contributed by atoms with Crippen LogP contribution in [0.2, 0.25) is 0 Å². The smallest absolute Gasteiger partial charge is 0.262 e. The molecular weight excluding hydrogens is 307 g/mol. The van der Waals surface area contributed by atoms with Gasteiger partial charge in [0.25, 0.3) is 10.0 Å². The van der Waals surface area contributed by atoms with Crippen LogP contribution in [0.15, 0.2) is 41.8 Å². The zero-order valence-corrected chi connectivity index (χ0v) is 12.9. The Morgan fingerprint density at radius 3 is 2.55 bits per heavy atom. The van der Waals surface area contributed by atoms with Crippen molar-refractivity contribution < 1.29 is 12.8 Å². The number of imidazole rings is 1. The molecule has 0 spiro atoms. The molecule has 1 aromatic carbocycles. The fourth-order valence-corrected chi connectivity index (χ4v) is 4.17. The second-order valence-corrected chi connectivity index (χ2v) is 7.41. The normalized spacial score (nSPS) is 23.0. The van der Waals surface area contributed by atoms with E-state index >= 15 is 0 Å². The quantitative estimate of drug-likeness (QED) is 0.900. The fraction of sp³-hybridized carbons (Fsp3) is 0.357. The van der Waals surface area contributed by atoms with E-state index in [1.807, 2.05) is 0 Å². The van der Waals surface area contributed by atoms with Crippen LogP contribution in [0, 0.1) is 5.82 Å². The van der Waals surface area contributed by atoms with Gasteiger partial charge in [-0.2, -0.15) is 4.31 Å². The van der Waals surface area contributed by atoms with E-state index in [-0.39, 0.29) is 35.9 Å². The summed E-state index contributed by atoms with van der Waals surface area (Å²) >= 11 is 0. The Morgan fingerprint density at radius 1 is 1.27 bits per heavy atom. The number of sulfonamides is 1. The van der Waals surface area contributed by atoms with E-state index in [9.17, 15) is 12.8 Å². The first kappa shape index (κ1) is 15.1. The maximum absolute atomic E-state index is 13.0. The molecule has 2 atom stereocenters. The second kappa shape index (κ2) is 5.45. The number of aryl methyl sites for hydroxylation is 1. The maximum atomic E-state index is 13.0. The molecule has 22 heavy (non-hydrogen) atoms. The van der Waals surface area contributed by atoms with E-state index in [1.54, 1.807) is 23.7 Å². The van der Waals surface area contributed by atoms with Gasteiger partial charge in [0.05, 0.1) is 6.33 Å². The molecule has 2 N–H and O–H groups in total. The summed E-state index contributed by atoms with van der Waals surface area (Å²) in [6.45, 7) is 0.493. The van der Waals surface area contributed by atoms with E-state index in [4.69, 9.17) is 5.73 Å². The van der Waals surface area contributed by atoms with E-state index in [0.717, 1.165) is 5.56 Å². The number of nitrogens with zero attached hydrogens (tertiary/aromatic N) is 3. The molecule has 6 nitrogen and oxygen atoms in total. The average Bonchev–Trinajstić information content (AvgIpc) is 3.07. The van der Waals surface area contributed by atoms with Crippen LogP contribution in [-0.4, -0.2) is 41.4 Å². The van der Waals surface area contributed by atoms with Gasteiger partial charge in [-0.1, -0.05) is 12.1 Å². The molecule has 0 unspecified atom stereocenters. The third kappa shape index (κ3) is 2.65. The molecule has 3 rings (SSSR count). The van der Waals surface area contributed by atoms with E-state index in [1.165, 1.54) is 29.0 Å². The van der Waals surface area contributed by atoms with Gasteiger partial charge in [0.2, 0.25) is 0 Å². The summed E-state index contributed by atoms with van der Waals surface area (Å²) in [4.78, 5) is 3.91. The largest absolute Gasteiger partial charge is 0.339 e. The van der Waals surface area contributed by atoms with Crippen molar-refractivity contribution in [3.63, 3.8) is 0 Å². The Bertz CT molecular complexity index is 772. The zero-order valence-electron chi connectivity index (χ0n) is 12.1. The first-order valence-electron chi connectivity index (χ1n) is 6.87. The standard InChI is InChI=1S/C14H17FN4O2S/c1-18-8-14(17-9-18)22(20,21)19-6-12(13(16)7-19)10-2-4-11(15)5-3-10/h2-5,8-9,12-13H,6-7,16H2,1H3/t12-,13-/m1/s1. The SMILES string of the molecule is Cn1cnc(S(=O)(=O)N2C[C@@H](N)[C@@H](c3ccc(F)cc3)C2)c1. The predicted molar refractivity (Wildman–Crippen MR) is 79.1 cm³/mol. The number of hydrogen-bond donors (Lipinski definition) is 1. The van der Waals surface area contributed by atoms with Gasteiger partial charge in [0.15, 0.2) is 5.03 Å². The Balaban J connectivity index is 1.85. The Labute approximate surface area is 128 Å². The van der Waals surface area contributed by atoms with Gasteiger partial charge in [-0.25, -0.2) is 17.8 Å². The minimum atomic E-state index is -3.65. The molecule has 1 aromatic heterocycles. The van der Waals surface area contributed by atoms with Crippen LogP contribution in [0.3, 0.4) is 0 Å². The Morgan fingerprint density at radius 2 is 1.95 bits per heavy atom. The lowest BCUT2D eigenvalue weighted by Gasteiger charge is -2.15. The highest BCUT2D eigenvalue weighted by Crippen LogP contribution is 2.30. The van der Waals surface area contributed by atoms with E-state index < -0.39 is 10.0 Å². The van der Waals surface area contributed by atoms with Gasteiger partial charge in [-0.3, -0.25) is 0 Å². The summed E-state index contributed by atoms with van der Waals surface area (Å²) in [6, 6.07) is 5.69. The van der Waals surface area contributed by atoms with Gasteiger partial charge < -0.3 is 10.3 Å². The lowest BCUT2D eigenvalue weighted by molar-refractivity contribution is 0.467.